The number of ether oxygens (including phenoxy) is 1. The maximum atomic E-state index is 11.5. The molecular formula is C19H33Cl5O2. The van der Waals surface area contributed by atoms with Crippen LogP contribution in [0.4, 0.5) is 0 Å². The lowest BCUT2D eigenvalue weighted by atomic mass is 10.0. The molecule has 0 aliphatic heterocycles. The Morgan fingerprint density at radius 1 is 0.808 bits per heavy atom. The second-order valence-corrected chi connectivity index (χ2v) is 9.71. The van der Waals surface area contributed by atoms with E-state index in [1.165, 1.54) is 0 Å². The van der Waals surface area contributed by atoms with Gasteiger partial charge in [0.15, 0.2) is 0 Å². The van der Waals surface area contributed by atoms with Gasteiger partial charge in [-0.3, -0.25) is 4.79 Å². The van der Waals surface area contributed by atoms with Crippen LogP contribution in [0.1, 0.15) is 78.1 Å². The summed E-state index contributed by atoms with van der Waals surface area (Å²) < 4.78 is 5.04. The summed E-state index contributed by atoms with van der Waals surface area (Å²) in [6.45, 7) is 4.50. The number of rotatable bonds is 16. The molecule has 0 aromatic heterocycles. The first-order valence-electron chi connectivity index (χ1n) is 9.66. The van der Waals surface area contributed by atoms with Gasteiger partial charge in [0.05, 0.1) is 6.61 Å². The van der Waals surface area contributed by atoms with Gasteiger partial charge in [0, 0.05) is 33.3 Å². The molecule has 0 heterocycles. The molecule has 0 rings (SSSR count). The zero-order valence-electron chi connectivity index (χ0n) is 15.9. The predicted molar refractivity (Wildman–Crippen MR) is 117 cm³/mol. The predicted octanol–water partition coefficient (Wildman–Crippen LogP) is 7.51. The maximum absolute atomic E-state index is 11.5. The first-order valence-corrected chi connectivity index (χ1v) is 11.8. The molecule has 26 heavy (non-hydrogen) atoms. The fraction of sp³-hybridized carbons (Fsp3) is 0.947. The number of hydrogen-bond donors (Lipinski definition) is 0. The van der Waals surface area contributed by atoms with Crippen molar-refractivity contribution in [3.05, 3.63) is 0 Å². The van der Waals surface area contributed by atoms with Crippen LogP contribution in [-0.2, 0) is 9.53 Å². The van der Waals surface area contributed by atoms with Crippen LogP contribution in [0.15, 0.2) is 0 Å². The summed E-state index contributed by atoms with van der Waals surface area (Å²) in [4.78, 5) is 11.5. The third-order valence-corrected chi connectivity index (χ3v) is 6.72. The van der Waals surface area contributed by atoms with Gasteiger partial charge in [-0.05, 0) is 51.4 Å². The average molecular weight is 471 g/mol. The van der Waals surface area contributed by atoms with E-state index in [1.807, 2.05) is 6.92 Å². The van der Waals surface area contributed by atoms with Crippen LogP contribution in [0.3, 0.4) is 0 Å². The summed E-state index contributed by atoms with van der Waals surface area (Å²) in [5.41, 5.74) is 0. The Balaban J connectivity index is 3.83. The fourth-order valence-corrected chi connectivity index (χ4v) is 3.95. The summed E-state index contributed by atoms with van der Waals surface area (Å²) >= 11 is 31.5. The molecule has 0 aromatic carbocycles. The molecule has 0 bridgehead atoms. The van der Waals surface area contributed by atoms with Crippen molar-refractivity contribution in [3.8, 4) is 0 Å². The molecule has 0 aliphatic carbocycles. The van der Waals surface area contributed by atoms with Gasteiger partial charge in [0.1, 0.15) is 0 Å². The van der Waals surface area contributed by atoms with Gasteiger partial charge in [-0.2, -0.15) is 0 Å². The molecular weight excluding hydrogens is 437 g/mol. The van der Waals surface area contributed by atoms with Crippen molar-refractivity contribution in [2.75, 3.05) is 6.61 Å². The smallest absolute Gasteiger partial charge is 0.305 e. The Hall–Kier alpha value is 0.920. The van der Waals surface area contributed by atoms with Crippen molar-refractivity contribution in [1.29, 1.82) is 0 Å². The summed E-state index contributed by atoms with van der Waals surface area (Å²) in [6, 6.07) is 0. The Labute approximate surface area is 184 Å². The van der Waals surface area contributed by atoms with Crippen LogP contribution in [0.5, 0.6) is 0 Å². The van der Waals surface area contributed by atoms with Crippen LogP contribution in [-0.4, -0.2) is 39.5 Å². The molecule has 0 N–H and O–H groups in total. The third-order valence-electron chi connectivity index (χ3n) is 4.23. The molecule has 0 aromatic rings. The van der Waals surface area contributed by atoms with Gasteiger partial charge < -0.3 is 4.74 Å². The van der Waals surface area contributed by atoms with Crippen LogP contribution >= 0.6 is 58.0 Å². The fourth-order valence-electron chi connectivity index (χ4n) is 2.50. The number of alkyl halides is 5. The highest BCUT2D eigenvalue weighted by Crippen LogP contribution is 2.25. The molecule has 0 radical (unpaired) electrons. The Morgan fingerprint density at radius 2 is 1.46 bits per heavy atom. The van der Waals surface area contributed by atoms with E-state index >= 15 is 0 Å². The van der Waals surface area contributed by atoms with Crippen molar-refractivity contribution in [2.24, 2.45) is 0 Å². The van der Waals surface area contributed by atoms with Crippen LogP contribution in [0.25, 0.3) is 0 Å². The quantitative estimate of drug-likeness (QED) is 0.172. The maximum Gasteiger partial charge on any atom is 0.305 e. The zero-order chi connectivity index (χ0) is 19.9. The number of halogens is 5. The molecule has 0 spiro atoms. The number of carbonyl (C=O) groups excluding carboxylic acids is 1. The van der Waals surface area contributed by atoms with Gasteiger partial charge in [-0.25, -0.2) is 0 Å². The zero-order valence-corrected chi connectivity index (χ0v) is 19.7. The Morgan fingerprint density at radius 3 is 2.08 bits per heavy atom. The van der Waals surface area contributed by atoms with Crippen molar-refractivity contribution in [1.82, 2.24) is 0 Å². The van der Waals surface area contributed by atoms with Crippen LogP contribution < -0.4 is 0 Å². The summed E-state index contributed by atoms with van der Waals surface area (Å²) in [5, 5.41) is -0.0805. The Bertz CT molecular complexity index is 357. The molecule has 0 amide bonds. The minimum Gasteiger partial charge on any atom is -0.466 e. The van der Waals surface area contributed by atoms with Crippen molar-refractivity contribution in [3.63, 3.8) is 0 Å². The molecule has 5 atom stereocenters. The Kier molecular flexibility index (Phi) is 17.4. The van der Waals surface area contributed by atoms with E-state index in [0.29, 0.717) is 19.4 Å². The second-order valence-electron chi connectivity index (χ2n) is 6.74. The average Bonchev–Trinajstić information content (AvgIpc) is 2.62. The minimum absolute atomic E-state index is 0.0868. The lowest BCUT2D eigenvalue weighted by Crippen LogP contribution is -2.18. The number of hydrogen-bond acceptors (Lipinski definition) is 2. The molecule has 0 saturated carbocycles. The molecule has 2 nitrogen and oxygen atoms in total. The first-order chi connectivity index (χ1) is 12.3. The highest BCUT2D eigenvalue weighted by molar-refractivity contribution is 6.30. The van der Waals surface area contributed by atoms with E-state index in [0.717, 1.165) is 51.4 Å². The van der Waals surface area contributed by atoms with Gasteiger partial charge in [0.2, 0.25) is 0 Å². The van der Waals surface area contributed by atoms with Crippen molar-refractivity contribution in [2.45, 2.75) is 105 Å². The molecule has 0 aliphatic rings. The molecule has 156 valence electrons. The second kappa shape index (κ2) is 16.8. The topological polar surface area (TPSA) is 26.3 Å². The highest BCUT2D eigenvalue weighted by Gasteiger charge is 2.19. The lowest BCUT2D eigenvalue weighted by molar-refractivity contribution is -0.143. The SMILES string of the molecule is CCCOC(=O)CCC(Cl)CCC(Cl)C(Cl)CCCC(Cl)CC(Cl)CC. The minimum atomic E-state index is -0.187. The van der Waals surface area contributed by atoms with Crippen molar-refractivity contribution < 1.29 is 9.53 Å². The van der Waals surface area contributed by atoms with E-state index in [1.54, 1.807) is 0 Å². The lowest BCUT2D eigenvalue weighted by Gasteiger charge is -2.18. The van der Waals surface area contributed by atoms with Gasteiger partial charge in [-0.15, -0.1) is 58.0 Å². The molecule has 0 saturated heterocycles. The summed E-state index contributed by atoms with van der Waals surface area (Å²) in [7, 11) is 0. The van der Waals surface area contributed by atoms with E-state index < -0.39 is 0 Å². The van der Waals surface area contributed by atoms with Crippen molar-refractivity contribution >= 4 is 64.0 Å². The number of carbonyl (C=O) groups is 1. The molecule has 5 unspecified atom stereocenters. The number of esters is 1. The van der Waals surface area contributed by atoms with E-state index in [9.17, 15) is 4.79 Å². The molecule has 0 fully saturated rings. The van der Waals surface area contributed by atoms with Gasteiger partial charge >= 0.3 is 5.97 Å². The van der Waals surface area contributed by atoms with Gasteiger partial charge in [-0.1, -0.05) is 20.3 Å². The molecule has 7 heteroatoms. The third kappa shape index (κ3) is 14.9. The van der Waals surface area contributed by atoms with E-state index in [2.05, 4.69) is 6.92 Å². The monoisotopic (exact) mass is 468 g/mol. The first kappa shape index (κ1) is 26.9. The summed E-state index contributed by atoms with van der Waals surface area (Å²) in [5.74, 6) is -0.187. The van der Waals surface area contributed by atoms with Crippen LogP contribution in [0.2, 0.25) is 0 Å². The summed E-state index contributed by atoms with van der Waals surface area (Å²) in [6.07, 6.45) is 7.68. The van der Waals surface area contributed by atoms with E-state index in [4.69, 9.17) is 62.7 Å². The van der Waals surface area contributed by atoms with Crippen LogP contribution in [0, 0.1) is 0 Å². The van der Waals surface area contributed by atoms with E-state index in [-0.39, 0.29) is 32.9 Å². The normalized spacial score (nSPS) is 17.3. The largest absolute Gasteiger partial charge is 0.466 e. The highest BCUT2D eigenvalue weighted by atomic mass is 35.5. The van der Waals surface area contributed by atoms with Gasteiger partial charge in [0.25, 0.3) is 0 Å². The standard InChI is InChI=1S/C19H33Cl5O2/c1-3-12-26-19(25)11-9-15(21)8-10-18(24)17(23)7-5-6-16(22)13-14(20)4-2/h14-18H,3-13H2,1-2H3.